The first-order valence-electron chi connectivity index (χ1n) is 8.72. The molecule has 0 unspecified atom stereocenters. The number of nitrogens with zero attached hydrogens (tertiary/aromatic N) is 2. The highest BCUT2D eigenvalue weighted by molar-refractivity contribution is 8.18. The van der Waals surface area contributed by atoms with Gasteiger partial charge in [-0.1, -0.05) is 12.1 Å². The second-order valence-corrected chi connectivity index (χ2v) is 7.24. The second kappa shape index (κ2) is 9.22. The van der Waals surface area contributed by atoms with Crippen LogP contribution in [0.15, 0.2) is 53.4 Å². The second-order valence-electron chi connectivity index (χ2n) is 6.25. The summed E-state index contributed by atoms with van der Waals surface area (Å²) in [4.78, 5) is 58.7. The van der Waals surface area contributed by atoms with Crippen molar-refractivity contribution < 1.29 is 33.9 Å². The van der Waals surface area contributed by atoms with E-state index in [2.05, 4.69) is 0 Å². The van der Waals surface area contributed by atoms with Gasteiger partial charge in [0.25, 0.3) is 16.8 Å². The lowest BCUT2D eigenvalue weighted by atomic mass is 10.1. The highest BCUT2D eigenvalue weighted by Gasteiger charge is 2.36. The average Bonchev–Trinajstić information content (AvgIpc) is 3.00. The SMILES string of the molecule is O=C(O)COc1ccc(/C=C2/SC(=O)N(CC(=O)c3ccc([N+](=O)[O-])cc3)C2=O)cc1. The molecule has 11 heteroatoms. The number of hydrogen-bond donors (Lipinski definition) is 1. The van der Waals surface area contributed by atoms with Gasteiger partial charge in [0.15, 0.2) is 12.4 Å². The van der Waals surface area contributed by atoms with E-state index in [9.17, 15) is 29.3 Å². The fraction of sp³-hybridized carbons (Fsp3) is 0.100. The summed E-state index contributed by atoms with van der Waals surface area (Å²) in [5.41, 5.74) is 0.547. The number of non-ortho nitro benzene ring substituents is 1. The number of benzene rings is 2. The van der Waals surface area contributed by atoms with Crippen molar-refractivity contribution in [3.63, 3.8) is 0 Å². The van der Waals surface area contributed by atoms with Gasteiger partial charge >= 0.3 is 5.97 Å². The Morgan fingerprint density at radius 2 is 1.74 bits per heavy atom. The lowest BCUT2D eigenvalue weighted by Crippen LogP contribution is -2.33. The van der Waals surface area contributed by atoms with E-state index in [4.69, 9.17) is 9.84 Å². The first-order chi connectivity index (χ1) is 14.7. The Morgan fingerprint density at radius 3 is 2.32 bits per heavy atom. The molecule has 1 heterocycles. The van der Waals surface area contributed by atoms with E-state index >= 15 is 0 Å². The molecule has 3 rings (SSSR count). The van der Waals surface area contributed by atoms with Crippen LogP contribution in [0.4, 0.5) is 10.5 Å². The van der Waals surface area contributed by atoms with Crippen LogP contribution >= 0.6 is 11.8 Å². The number of nitro benzene ring substituents is 1. The molecule has 0 aliphatic carbocycles. The van der Waals surface area contributed by atoms with Gasteiger partial charge in [-0.05, 0) is 47.7 Å². The fourth-order valence-electron chi connectivity index (χ4n) is 2.60. The minimum Gasteiger partial charge on any atom is -0.482 e. The predicted molar refractivity (Wildman–Crippen MR) is 110 cm³/mol. The Balaban J connectivity index is 1.68. The van der Waals surface area contributed by atoms with Crippen molar-refractivity contribution in [2.24, 2.45) is 0 Å². The lowest BCUT2D eigenvalue weighted by molar-refractivity contribution is -0.384. The molecule has 2 amide bonds. The van der Waals surface area contributed by atoms with Crippen LogP contribution in [0.2, 0.25) is 0 Å². The first kappa shape index (κ1) is 21.7. The Bertz CT molecular complexity index is 1090. The smallest absolute Gasteiger partial charge is 0.341 e. The van der Waals surface area contributed by atoms with E-state index in [1.165, 1.54) is 42.5 Å². The summed E-state index contributed by atoms with van der Waals surface area (Å²) >= 11 is 0.687. The topological polar surface area (TPSA) is 144 Å². The summed E-state index contributed by atoms with van der Waals surface area (Å²) in [5, 5.41) is 18.7. The van der Waals surface area contributed by atoms with Gasteiger partial charge in [0, 0.05) is 17.7 Å². The van der Waals surface area contributed by atoms with Crippen molar-refractivity contribution in [2.45, 2.75) is 0 Å². The zero-order valence-electron chi connectivity index (χ0n) is 15.7. The van der Waals surface area contributed by atoms with Gasteiger partial charge in [0.2, 0.25) is 0 Å². The molecular formula is C20H14N2O8S. The molecule has 1 aliphatic heterocycles. The molecule has 1 aliphatic rings. The third-order valence-corrected chi connectivity index (χ3v) is 5.02. The van der Waals surface area contributed by atoms with Crippen LogP contribution in [0.3, 0.4) is 0 Å². The van der Waals surface area contributed by atoms with Gasteiger partial charge in [0.05, 0.1) is 16.4 Å². The third kappa shape index (κ3) is 5.34. The zero-order valence-corrected chi connectivity index (χ0v) is 16.5. The minimum absolute atomic E-state index is 0.126. The molecule has 0 spiro atoms. The van der Waals surface area contributed by atoms with Gasteiger partial charge in [-0.15, -0.1) is 0 Å². The maximum atomic E-state index is 12.6. The third-order valence-electron chi connectivity index (χ3n) is 4.12. The number of nitro groups is 1. The number of carboxylic acids is 1. The molecule has 2 aromatic rings. The number of ketones is 1. The van der Waals surface area contributed by atoms with Gasteiger partial charge in [-0.2, -0.15) is 0 Å². The number of Topliss-reactive ketones (excluding diaryl/α,β-unsaturated/α-hetero) is 1. The van der Waals surface area contributed by atoms with Crippen LogP contribution in [0, 0.1) is 10.1 Å². The minimum atomic E-state index is -1.11. The quantitative estimate of drug-likeness (QED) is 0.282. The summed E-state index contributed by atoms with van der Waals surface area (Å²) in [5.74, 6) is -1.93. The number of thioether (sulfide) groups is 1. The van der Waals surface area contributed by atoms with Crippen LogP contribution in [0.1, 0.15) is 15.9 Å². The van der Waals surface area contributed by atoms with Crippen LogP contribution in [0.25, 0.3) is 6.08 Å². The normalized spacial score (nSPS) is 14.7. The molecule has 158 valence electrons. The molecule has 2 aromatic carbocycles. The fourth-order valence-corrected chi connectivity index (χ4v) is 3.44. The number of aliphatic carboxylic acids is 1. The highest BCUT2D eigenvalue weighted by atomic mass is 32.2. The van der Waals surface area contributed by atoms with Gasteiger partial charge in [-0.25, -0.2) is 4.79 Å². The van der Waals surface area contributed by atoms with Gasteiger partial charge < -0.3 is 9.84 Å². The summed E-state index contributed by atoms with van der Waals surface area (Å²) < 4.78 is 5.02. The molecule has 0 aromatic heterocycles. The van der Waals surface area contributed by atoms with Crippen LogP contribution in [-0.4, -0.2) is 51.0 Å². The van der Waals surface area contributed by atoms with Crippen molar-refractivity contribution in [3.8, 4) is 5.75 Å². The van der Waals surface area contributed by atoms with Crippen LogP contribution in [0.5, 0.6) is 5.75 Å². The average molecular weight is 442 g/mol. The summed E-state index contributed by atoms with van der Waals surface area (Å²) in [7, 11) is 0. The number of amides is 2. The molecule has 1 N–H and O–H groups in total. The number of carbonyl (C=O) groups excluding carboxylic acids is 3. The molecule has 1 fully saturated rings. The molecule has 0 bridgehead atoms. The van der Waals surface area contributed by atoms with Crippen molar-refractivity contribution in [2.75, 3.05) is 13.2 Å². The molecule has 10 nitrogen and oxygen atoms in total. The Kier molecular flexibility index (Phi) is 6.46. The Morgan fingerprint density at radius 1 is 1.10 bits per heavy atom. The summed E-state index contributed by atoms with van der Waals surface area (Å²) in [6.07, 6.45) is 1.47. The van der Waals surface area contributed by atoms with Crippen molar-refractivity contribution in [3.05, 3.63) is 74.7 Å². The monoisotopic (exact) mass is 442 g/mol. The standard InChI is InChI=1S/C20H14N2O8S/c23-16(13-3-5-14(6-4-13)22(28)29)10-21-19(26)17(31-20(21)27)9-12-1-7-15(8-2-12)30-11-18(24)25/h1-9H,10-11H2,(H,24,25)/b17-9+. The Hall–Kier alpha value is -3.99. The number of carbonyl (C=O) groups is 4. The molecule has 31 heavy (non-hydrogen) atoms. The number of ether oxygens (including phenoxy) is 1. The lowest BCUT2D eigenvalue weighted by Gasteiger charge is -2.11. The van der Waals surface area contributed by atoms with Gasteiger partial charge in [-0.3, -0.25) is 29.4 Å². The van der Waals surface area contributed by atoms with E-state index in [-0.39, 0.29) is 16.2 Å². The van der Waals surface area contributed by atoms with Gasteiger partial charge in [0.1, 0.15) is 5.75 Å². The summed E-state index contributed by atoms with van der Waals surface area (Å²) in [6, 6.07) is 11.1. The van der Waals surface area contributed by atoms with E-state index < -0.39 is 41.0 Å². The highest BCUT2D eigenvalue weighted by Crippen LogP contribution is 2.32. The number of imide groups is 1. The van der Waals surface area contributed by atoms with E-state index in [1.54, 1.807) is 12.1 Å². The van der Waals surface area contributed by atoms with Crippen molar-refractivity contribution in [1.29, 1.82) is 0 Å². The molecule has 0 radical (unpaired) electrons. The van der Waals surface area contributed by atoms with Crippen molar-refractivity contribution >= 4 is 46.4 Å². The maximum Gasteiger partial charge on any atom is 0.341 e. The number of hydrogen-bond acceptors (Lipinski definition) is 8. The van der Waals surface area contributed by atoms with Crippen molar-refractivity contribution in [1.82, 2.24) is 4.90 Å². The number of rotatable bonds is 8. The van der Waals surface area contributed by atoms with E-state index in [0.717, 1.165) is 4.90 Å². The molecule has 0 atom stereocenters. The number of carboxylic acid groups (broad SMARTS) is 1. The maximum absolute atomic E-state index is 12.6. The molecular weight excluding hydrogens is 428 g/mol. The Labute approximate surface area is 179 Å². The molecule has 1 saturated heterocycles. The predicted octanol–water partition coefficient (Wildman–Crippen LogP) is 2.98. The molecule has 0 saturated carbocycles. The van der Waals surface area contributed by atoms with Crippen LogP contribution < -0.4 is 4.74 Å². The summed E-state index contributed by atoms with van der Waals surface area (Å²) in [6.45, 7) is -0.969. The van der Waals surface area contributed by atoms with E-state index in [0.29, 0.717) is 23.1 Å². The van der Waals surface area contributed by atoms with Crippen LogP contribution in [-0.2, 0) is 9.59 Å². The zero-order chi connectivity index (χ0) is 22.5. The first-order valence-corrected chi connectivity index (χ1v) is 9.54. The largest absolute Gasteiger partial charge is 0.482 e. The van der Waals surface area contributed by atoms with E-state index in [1.807, 2.05) is 0 Å².